The molecule has 154 valence electrons. The van der Waals surface area contributed by atoms with Gasteiger partial charge >= 0.3 is 0 Å². The van der Waals surface area contributed by atoms with Crippen molar-refractivity contribution in [2.75, 3.05) is 6.54 Å². The van der Waals surface area contributed by atoms with E-state index >= 15 is 0 Å². The number of carbonyl (C=O) groups excluding carboxylic acids is 2. The molecule has 1 aliphatic carbocycles. The van der Waals surface area contributed by atoms with E-state index in [1.165, 1.54) is 24.0 Å². The normalized spacial score (nSPS) is 14.1. The van der Waals surface area contributed by atoms with Crippen LogP contribution in [0.3, 0.4) is 0 Å². The summed E-state index contributed by atoms with van der Waals surface area (Å²) in [4.78, 5) is 24.5. The molecule has 2 aromatic rings. The Morgan fingerprint density at radius 1 is 0.966 bits per heavy atom. The Hall–Kier alpha value is -2.82. The SMILES string of the molecule is CC(C)Oc1ccc(C(=O)NCC(=O)NC(C)c2ccc3c(c2)CCCC3)cc1. The third-order valence-corrected chi connectivity index (χ3v) is 5.15. The minimum absolute atomic E-state index is 0.0572. The van der Waals surface area contributed by atoms with Crippen LogP contribution in [-0.2, 0) is 17.6 Å². The molecule has 2 N–H and O–H groups in total. The maximum atomic E-state index is 12.3. The van der Waals surface area contributed by atoms with Gasteiger partial charge < -0.3 is 15.4 Å². The molecule has 3 rings (SSSR count). The summed E-state index contributed by atoms with van der Waals surface area (Å²) < 4.78 is 5.57. The summed E-state index contributed by atoms with van der Waals surface area (Å²) in [6, 6.07) is 13.3. The summed E-state index contributed by atoms with van der Waals surface area (Å²) in [5.41, 5.74) is 4.42. The predicted octanol–water partition coefficient (Wildman–Crippen LogP) is 3.96. The first-order chi connectivity index (χ1) is 13.9. The number of carbonyl (C=O) groups is 2. The van der Waals surface area contributed by atoms with E-state index in [2.05, 4.69) is 28.8 Å². The molecule has 0 saturated carbocycles. The van der Waals surface area contributed by atoms with E-state index in [-0.39, 0.29) is 30.5 Å². The number of amides is 2. The highest BCUT2D eigenvalue weighted by atomic mass is 16.5. The molecule has 0 fully saturated rings. The van der Waals surface area contributed by atoms with E-state index in [0.717, 1.165) is 18.4 Å². The number of benzene rings is 2. The van der Waals surface area contributed by atoms with E-state index in [0.29, 0.717) is 11.3 Å². The highest BCUT2D eigenvalue weighted by Crippen LogP contribution is 2.24. The van der Waals surface area contributed by atoms with Crippen LogP contribution in [0.2, 0.25) is 0 Å². The molecule has 0 aromatic heterocycles. The standard InChI is InChI=1S/C24H30N2O3/c1-16(2)29-22-12-10-19(11-13-22)24(28)25-15-23(27)26-17(3)20-9-8-18-6-4-5-7-21(18)14-20/h8-14,16-17H,4-7,15H2,1-3H3,(H,25,28)(H,26,27). The quantitative estimate of drug-likeness (QED) is 0.747. The third kappa shape index (κ3) is 5.83. The van der Waals surface area contributed by atoms with Gasteiger partial charge in [-0.05, 0) is 87.4 Å². The minimum atomic E-state index is -0.280. The number of rotatable bonds is 7. The molecule has 5 heteroatoms. The molecule has 1 aliphatic rings. The van der Waals surface area contributed by atoms with Crippen LogP contribution in [0.25, 0.3) is 0 Å². The van der Waals surface area contributed by atoms with Crippen LogP contribution in [0.1, 0.15) is 66.7 Å². The fourth-order valence-electron chi connectivity index (χ4n) is 3.62. The second-order valence-corrected chi connectivity index (χ2v) is 7.90. The molecular weight excluding hydrogens is 364 g/mol. The lowest BCUT2D eigenvalue weighted by molar-refractivity contribution is -0.120. The van der Waals surface area contributed by atoms with Gasteiger partial charge in [0.1, 0.15) is 5.75 Å². The molecule has 0 heterocycles. The van der Waals surface area contributed by atoms with Gasteiger partial charge in [0, 0.05) is 5.56 Å². The zero-order chi connectivity index (χ0) is 20.8. The maximum absolute atomic E-state index is 12.3. The second kappa shape index (κ2) is 9.59. The van der Waals surface area contributed by atoms with Gasteiger partial charge in [-0.1, -0.05) is 18.2 Å². The van der Waals surface area contributed by atoms with Gasteiger partial charge in [-0.25, -0.2) is 0 Å². The van der Waals surface area contributed by atoms with E-state index < -0.39 is 0 Å². The van der Waals surface area contributed by atoms with Crippen molar-refractivity contribution in [3.05, 3.63) is 64.7 Å². The summed E-state index contributed by atoms with van der Waals surface area (Å²) in [7, 11) is 0. The van der Waals surface area contributed by atoms with Crippen LogP contribution in [0, 0.1) is 0 Å². The van der Waals surface area contributed by atoms with Crippen molar-refractivity contribution in [2.45, 2.75) is 58.6 Å². The van der Waals surface area contributed by atoms with E-state index in [1.807, 2.05) is 20.8 Å². The zero-order valence-corrected chi connectivity index (χ0v) is 17.5. The Kier molecular flexibility index (Phi) is 6.91. The van der Waals surface area contributed by atoms with Crippen LogP contribution >= 0.6 is 0 Å². The average Bonchev–Trinajstić information content (AvgIpc) is 2.71. The van der Waals surface area contributed by atoms with E-state index in [1.54, 1.807) is 24.3 Å². The van der Waals surface area contributed by atoms with Crippen LogP contribution in [0.15, 0.2) is 42.5 Å². The fraction of sp³-hybridized carbons (Fsp3) is 0.417. The van der Waals surface area contributed by atoms with Crippen molar-refractivity contribution in [3.8, 4) is 5.75 Å². The van der Waals surface area contributed by atoms with Crippen molar-refractivity contribution in [1.29, 1.82) is 0 Å². The van der Waals surface area contributed by atoms with Crippen molar-refractivity contribution < 1.29 is 14.3 Å². The molecule has 0 spiro atoms. The number of aryl methyl sites for hydroxylation is 2. The number of nitrogens with one attached hydrogen (secondary N) is 2. The largest absolute Gasteiger partial charge is 0.491 e. The number of hydrogen-bond acceptors (Lipinski definition) is 3. The summed E-state index contributed by atoms with van der Waals surface area (Å²) in [6.45, 7) is 5.81. The molecule has 0 radical (unpaired) electrons. The lowest BCUT2D eigenvalue weighted by atomic mass is 9.89. The topological polar surface area (TPSA) is 67.4 Å². The first-order valence-electron chi connectivity index (χ1n) is 10.4. The minimum Gasteiger partial charge on any atom is -0.491 e. The Balaban J connectivity index is 1.49. The second-order valence-electron chi connectivity index (χ2n) is 7.90. The number of hydrogen-bond donors (Lipinski definition) is 2. The Morgan fingerprint density at radius 3 is 2.34 bits per heavy atom. The summed E-state index contributed by atoms with van der Waals surface area (Å²) in [5, 5.41) is 5.64. The predicted molar refractivity (Wildman–Crippen MR) is 114 cm³/mol. The van der Waals surface area contributed by atoms with Crippen molar-refractivity contribution in [3.63, 3.8) is 0 Å². The van der Waals surface area contributed by atoms with Crippen molar-refractivity contribution >= 4 is 11.8 Å². The van der Waals surface area contributed by atoms with Gasteiger partial charge in [0.05, 0.1) is 18.7 Å². The molecule has 0 aliphatic heterocycles. The molecule has 0 saturated heterocycles. The molecule has 1 atom stereocenters. The van der Waals surface area contributed by atoms with Gasteiger partial charge in [-0.2, -0.15) is 0 Å². The van der Waals surface area contributed by atoms with E-state index in [9.17, 15) is 9.59 Å². The summed E-state index contributed by atoms with van der Waals surface area (Å²) >= 11 is 0. The smallest absolute Gasteiger partial charge is 0.251 e. The lowest BCUT2D eigenvalue weighted by Crippen LogP contribution is -2.38. The Labute approximate surface area is 172 Å². The Bertz CT molecular complexity index is 859. The van der Waals surface area contributed by atoms with Gasteiger partial charge in [0.2, 0.25) is 5.91 Å². The first kappa shape index (κ1) is 20.9. The van der Waals surface area contributed by atoms with Crippen molar-refractivity contribution in [1.82, 2.24) is 10.6 Å². The highest BCUT2D eigenvalue weighted by Gasteiger charge is 2.15. The van der Waals surface area contributed by atoms with Crippen LogP contribution in [0.4, 0.5) is 0 Å². The van der Waals surface area contributed by atoms with Crippen LogP contribution < -0.4 is 15.4 Å². The number of fused-ring (bicyclic) bond motifs is 1. The molecule has 5 nitrogen and oxygen atoms in total. The summed E-state index contributed by atoms with van der Waals surface area (Å²) in [6.07, 6.45) is 4.82. The lowest BCUT2D eigenvalue weighted by Gasteiger charge is -2.20. The molecule has 0 bridgehead atoms. The summed E-state index contributed by atoms with van der Waals surface area (Å²) in [5.74, 6) is 0.231. The third-order valence-electron chi connectivity index (χ3n) is 5.15. The van der Waals surface area contributed by atoms with Gasteiger partial charge in [-0.3, -0.25) is 9.59 Å². The highest BCUT2D eigenvalue weighted by molar-refractivity contribution is 5.96. The molecule has 2 amide bonds. The van der Waals surface area contributed by atoms with Crippen LogP contribution in [0.5, 0.6) is 5.75 Å². The van der Waals surface area contributed by atoms with Gasteiger partial charge in [0.25, 0.3) is 5.91 Å². The zero-order valence-electron chi connectivity index (χ0n) is 17.5. The Morgan fingerprint density at radius 2 is 1.66 bits per heavy atom. The average molecular weight is 395 g/mol. The monoisotopic (exact) mass is 394 g/mol. The van der Waals surface area contributed by atoms with Crippen LogP contribution in [-0.4, -0.2) is 24.5 Å². The van der Waals surface area contributed by atoms with Gasteiger partial charge in [-0.15, -0.1) is 0 Å². The number of ether oxygens (including phenoxy) is 1. The maximum Gasteiger partial charge on any atom is 0.251 e. The molecule has 1 unspecified atom stereocenters. The van der Waals surface area contributed by atoms with E-state index in [4.69, 9.17) is 4.74 Å². The first-order valence-corrected chi connectivity index (χ1v) is 10.4. The molecule has 29 heavy (non-hydrogen) atoms. The molecule has 2 aromatic carbocycles. The van der Waals surface area contributed by atoms with Crippen molar-refractivity contribution in [2.24, 2.45) is 0 Å². The molecular formula is C24H30N2O3. The van der Waals surface area contributed by atoms with Gasteiger partial charge in [0.15, 0.2) is 0 Å². The fourth-order valence-corrected chi connectivity index (χ4v) is 3.62.